The van der Waals surface area contributed by atoms with Crippen LogP contribution < -0.4 is 0 Å². The van der Waals surface area contributed by atoms with Crippen LogP contribution in [0.1, 0.15) is 11.0 Å². The highest BCUT2D eigenvalue weighted by Crippen LogP contribution is 2.27. The highest BCUT2D eigenvalue weighted by molar-refractivity contribution is 7.15. The molecule has 1 unspecified atom stereocenters. The molecule has 1 aromatic rings. The average Bonchev–Trinajstić information content (AvgIpc) is 2.33. The Kier molecular flexibility index (Phi) is 2.21. The lowest BCUT2D eigenvalue weighted by Crippen LogP contribution is -1.84. The smallest absolute Gasteiger partial charge is 0.324 e. The molecule has 1 rings (SSSR count). The van der Waals surface area contributed by atoms with Crippen molar-refractivity contribution in [2.24, 2.45) is 0 Å². The Morgan fingerprint density at radius 3 is 2.64 bits per heavy atom. The molecule has 1 radical (unpaired) electrons. The van der Waals surface area contributed by atoms with E-state index in [0.29, 0.717) is 4.88 Å². The maximum absolute atomic E-state index is 10.2. The van der Waals surface area contributed by atoms with E-state index >= 15 is 0 Å². The molecule has 59 valence electrons. The van der Waals surface area contributed by atoms with Crippen LogP contribution in [-0.2, 0) is 0 Å². The molecule has 0 saturated carbocycles. The van der Waals surface area contributed by atoms with E-state index in [1.54, 1.807) is 0 Å². The van der Waals surface area contributed by atoms with E-state index in [0.717, 1.165) is 11.3 Å². The minimum Gasteiger partial charge on any atom is -0.388 e. The zero-order chi connectivity index (χ0) is 8.43. The van der Waals surface area contributed by atoms with Crippen molar-refractivity contribution in [1.82, 2.24) is 0 Å². The third-order valence-corrected chi connectivity index (χ3v) is 2.26. The standard InChI is InChI=1S/C6H6NO3S/c1-4(8)5-2-3-6(11-5)7(9)10/h2-4,8H,1H2. The van der Waals surface area contributed by atoms with Crippen LogP contribution in [0.3, 0.4) is 0 Å². The Hall–Kier alpha value is -0.940. The highest BCUT2D eigenvalue weighted by atomic mass is 32.1. The SMILES string of the molecule is [CH2]C(O)c1ccc([N+](=O)[O-])s1. The largest absolute Gasteiger partial charge is 0.388 e. The summed E-state index contributed by atoms with van der Waals surface area (Å²) < 4.78 is 0. The average molecular weight is 172 g/mol. The number of hydrogen-bond acceptors (Lipinski definition) is 4. The van der Waals surface area contributed by atoms with Crippen LogP contribution in [0.4, 0.5) is 5.00 Å². The van der Waals surface area contributed by atoms with Gasteiger partial charge < -0.3 is 5.11 Å². The third-order valence-electron chi connectivity index (χ3n) is 1.12. The second kappa shape index (κ2) is 2.98. The maximum atomic E-state index is 10.2. The summed E-state index contributed by atoms with van der Waals surface area (Å²) in [6.07, 6.45) is -0.867. The fourth-order valence-electron chi connectivity index (χ4n) is 0.619. The van der Waals surface area contributed by atoms with Crippen molar-refractivity contribution in [2.45, 2.75) is 6.10 Å². The summed E-state index contributed by atoms with van der Waals surface area (Å²) in [5, 5.41) is 19.1. The van der Waals surface area contributed by atoms with Crippen LogP contribution in [-0.4, -0.2) is 10.0 Å². The summed E-state index contributed by atoms with van der Waals surface area (Å²) in [7, 11) is 0. The van der Waals surface area contributed by atoms with Gasteiger partial charge in [0.2, 0.25) is 0 Å². The summed E-state index contributed by atoms with van der Waals surface area (Å²) in [5.74, 6) is 0. The lowest BCUT2D eigenvalue weighted by Gasteiger charge is -1.94. The van der Waals surface area contributed by atoms with Crippen LogP contribution in [0, 0.1) is 17.0 Å². The Bertz CT molecular complexity index is 269. The molecule has 0 aliphatic rings. The molecule has 11 heavy (non-hydrogen) atoms. The molecule has 4 nitrogen and oxygen atoms in total. The van der Waals surface area contributed by atoms with E-state index < -0.39 is 11.0 Å². The molecule has 0 aromatic carbocycles. The zero-order valence-electron chi connectivity index (χ0n) is 5.56. The van der Waals surface area contributed by atoms with Crippen molar-refractivity contribution in [3.63, 3.8) is 0 Å². The predicted octanol–water partition coefficient (Wildman–Crippen LogP) is 1.52. The van der Waals surface area contributed by atoms with E-state index in [4.69, 9.17) is 5.11 Å². The molecule has 1 atom stereocenters. The van der Waals surface area contributed by atoms with Gasteiger partial charge in [-0.15, -0.1) is 0 Å². The summed E-state index contributed by atoms with van der Waals surface area (Å²) in [5.41, 5.74) is 0. The molecule has 0 saturated heterocycles. The van der Waals surface area contributed by atoms with Gasteiger partial charge in [0.15, 0.2) is 0 Å². The molecule has 0 bridgehead atoms. The second-order valence-corrected chi connectivity index (χ2v) is 3.04. The van der Waals surface area contributed by atoms with Gasteiger partial charge in [0, 0.05) is 10.9 Å². The first kappa shape index (κ1) is 8.16. The van der Waals surface area contributed by atoms with Crippen LogP contribution in [0.15, 0.2) is 12.1 Å². The minimum absolute atomic E-state index is 0.0303. The number of aliphatic hydroxyl groups excluding tert-OH is 1. The first-order valence-corrected chi connectivity index (χ1v) is 3.68. The van der Waals surface area contributed by atoms with Gasteiger partial charge in [-0.05, 0) is 13.0 Å². The van der Waals surface area contributed by atoms with Crippen molar-refractivity contribution in [3.8, 4) is 0 Å². The number of nitrogens with zero attached hydrogens (tertiary/aromatic N) is 1. The lowest BCUT2D eigenvalue weighted by molar-refractivity contribution is -0.380. The molecule has 0 spiro atoms. The van der Waals surface area contributed by atoms with Crippen molar-refractivity contribution < 1.29 is 10.0 Å². The first-order chi connectivity index (χ1) is 5.11. The lowest BCUT2D eigenvalue weighted by atomic mass is 10.3. The predicted molar refractivity (Wildman–Crippen MR) is 41.3 cm³/mol. The monoisotopic (exact) mass is 172 g/mol. The van der Waals surface area contributed by atoms with Gasteiger partial charge in [0.1, 0.15) is 0 Å². The number of nitro groups is 1. The molecule has 5 heteroatoms. The van der Waals surface area contributed by atoms with Gasteiger partial charge in [0.25, 0.3) is 0 Å². The fourth-order valence-corrected chi connectivity index (χ4v) is 1.34. The summed E-state index contributed by atoms with van der Waals surface area (Å²) >= 11 is 0.937. The van der Waals surface area contributed by atoms with E-state index in [1.807, 2.05) is 0 Å². The fraction of sp³-hybridized carbons (Fsp3) is 0.167. The number of hydrogen-bond donors (Lipinski definition) is 1. The van der Waals surface area contributed by atoms with Gasteiger partial charge in [-0.1, -0.05) is 11.3 Å². The van der Waals surface area contributed by atoms with Crippen molar-refractivity contribution in [1.29, 1.82) is 0 Å². The maximum Gasteiger partial charge on any atom is 0.324 e. The van der Waals surface area contributed by atoms with Crippen LogP contribution in [0.5, 0.6) is 0 Å². The topological polar surface area (TPSA) is 63.4 Å². The molecule has 0 aliphatic heterocycles. The second-order valence-electron chi connectivity index (χ2n) is 1.95. The van der Waals surface area contributed by atoms with E-state index in [9.17, 15) is 10.1 Å². The van der Waals surface area contributed by atoms with Gasteiger partial charge in [-0.2, -0.15) is 0 Å². The molecule has 1 N–H and O–H groups in total. The quantitative estimate of drug-likeness (QED) is 0.543. The van der Waals surface area contributed by atoms with Gasteiger partial charge in [-0.3, -0.25) is 10.1 Å². The molecule has 0 fully saturated rings. The summed E-state index contributed by atoms with van der Waals surface area (Å²) in [6.45, 7) is 3.32. The van der Waals surface area contributed by atoms with Crippen molar-refractivity contribution >= 4 is 16.3 Å². The van der Waals surface area contributed by atoms with E-state index in [2.05, 4.69) is 6.92 Å². The third kappa shape index (κ3) is 1.75. The zero-order valence-corrected chi connectivity index (χ0v) is 6.37. The Morgan fingerprint density at radius 1 is 1.73 bits per heavy atom. The van der Waals surface area contributed by atoms with E-state index in [1.165, 1.54) is 12.1 Å². The number of rotatable bonds is 2. The van der Waals surface area contributed by atoms with Gasteiger partial charge in [-0.25, -0.2) is 0 Å². The number of thiophene rings is 1. The molecular weight excluding hydrogens is 166 g/mol. The number of aliphatic hydroxyl groups is 1. The summed E-state index contributed by atoms with van der Waals surface area (Å²) in [6, 6.07) is 2.86. The van der Waals surface area contributed by atoms with Crippen molar-refractivity contribution in [3.05, 3.63) is 34.0 Å². The highest BCUT2D eigenvalue weighted by Gasteiger charge is 2.11. The minimum atomic E-state index is -0.867. The molecule has 0 amide bonds. The van der Waals surface area contributed by atoms with Gasteiger partial charge >= 0.3 is 5.00 Å². The Morgan fingerprint density at radius 2 is 2.36 bits per heavy atom. The Labute approximate surface area is 67.2 Å². The summed E-state index contributed by atoms with van der Waals surface area (Å²) in [4.78, 5) is 10.2. The molecule has 1 heterocycles. The molecule has 1 aromatic heterocycles. The van der Waals surface area contributed by atoms with Crippen LogP contribution >= 0.6 is 11.3 Å². The van der Waals surface area contributed by atoms with Crippen LogP contribution in [0.2, 0.25) is 0 Å². The molecule has 0 aliphatic carbocycles. The van der Waals surface area contributed by atoms with Crippen LogP contribution in [0.25, 0.3) is 0 Å². The van der Waals surface area contributed by atoms with E-state index in [-0.39, 0.29) is 5.00 Å². The molecular formula is C6H6NO3S. The first-order valence-electron chi connectivity index (χ1n) is 2.86. The van der Waals surface area contributed by atoms with Crippen molar-refractivity contribution in [2.75, 3.05) is 0 Å². The van der Waals surface area contributed by atoms with Gasteiger partial charge in [0.05, 0.1) is 11.0 Å². The Balaban J connectivity index is 2.90. The normalized spacial score (nSPS) is 12.9.